The summed E-state index contributed by atoms with van der Waals surface area (Å²) in [5.74, 6) is -0.995. The van der Waals surface area contributed by atoms with Crippen molar-refractivity contribution >= 4 is 23.8 Å². The minimum atomic E-state index is -0.995. The number of hydrogen-bond acceptors (Lipinski definition) is 2. The number of nitrogens with one attached hydrogen (secondary N) is 1. The lowest BCUT2D eigenvalue weighted by Crippen LogP contribution is -2.36. The average Bonchev–Trinajstić information content (AvgIpc) is 3.22. The lowest BCUT2D eigenvalue weighted by molar-refractivity contribution is -0.131. The molecule has 2 amide bonds. The lowest BCUT2D eigenvalue weighted by Gasteiger charge is -2.20. The van der Waals surface area contributed by atoms with Crippen LogP contribution >= 0.6 is 0 Å². The summed E-state index contributed by atoms with van der Waals surface area (Å²) in [6.07, 6.45) is 4.71. The van der Waals surface area contributed by atoms with Gasteiger partial charge in [0.2, 0.25) is 0 Å². The fraction of sp³-hybridized carbons (Fsp3) is 0.333. The van der Waals surface area contributed by atoms with Gasteiger partial charge >= 0.3 is 12.0 Å². The fourth-order valence-electron chi connectivity index (χ4n) is 2.04. The molecule has 1 aromatic carbocycles. The number of rotatable bonds is 5. The summed E-state index contributed by atoms with van der Waals surface area (Å²) in [5, 5.41) is 11.4. The van der Waals surface area contributed by atoms with Crippen LogP contribution in [0.2, 0.25) is 0 Å². The van der Waals surface area contributed by atoms with Gasteiger partial charge in [0.05, 0.1) is 0 Å². The Morgan fingerprint density at radius 1 is 1.45 bits per heavy atom. The molecular formula is C15H18N2O3. The Balaban J connectivity index is 2.03. The maximum absolute atomic E-state index is 12.1. The van der Waals surface area contributed by atoms with Crippen LogP contribution in [-0.2, 0) is 4.79 Å². The molecule has 0 atom stereocenters. The molecule has 0 heterocycles. The zero-order valence-electron chi connectivity index (χ0n) is 11.4. The number of hydrogen-bond donors (Lipinski definition) is 2. The molecule has 5 heteroatoms. The number of aliphatic carboxylic acids is 1. The van der Waals surface area contributed by atoms with Crippen LogP contribution in [0.4, 0.5) is 10.5 Å². The molecule has 0 aromatic heterocycles. The Bertz CT molecular complexity index is 536. The largest absolute Gasteiger partial charge is 0.478 e. The van der Waals surface area contributed by atoms with Crippen molar-refractivity contribution in [2.24, 2.45) is 0 Å². The molecule has 106 valence electrons. The quantitative estimate of drug-likeness (QED) is 0.811. The van der Waals surface area contributed by atoms with Gasteiger partial charge in [-0.25, -0.2) is 9.59 Å². The number of nitrogens with zero attached hydrogens (tertiary/aromatic N) is 1. The zero-order valence-corrected chi connectivity index (χ0v) is 11.4. The highest BCUT2D eigenvalue weighted by atomic mass is 16.4. The Hall–Kier alpha value is -2.30. The van der Waals surface area contributed by atoms with E-state index >= 15 is 0 Å². The third-order valence-electron chi connectivity index (χ3n) is 3.15. The van der Waals surface area contributed by atoms with Gasteiger partial charge in [-0.3, -0.25) is 0 Å². The molecule has 20 heavy (non-hydrogen) atoms. The van der Waals surface area contributed by atoms with E-state index in [-0.39, 0.29) is 6.03 Å². The molecule has 1 aliphatic carbocycles. The molecule has 5 nitrogen and oxygen atoms in total. The number of carbonyl (C=O) groups is 2. The first-order valence-electron chi connectivity index (χ1n) is 6.69. The monoisotopic (exact) mass is 274 g/mol. The van der Waals surface area contributed by atoms with E-state index in [2.05, 4.69) is 5.32 Å². The molecule has 0 spiro atoms. The molecule has 0 saturated heterocycles. The number of amides is 2. The summed E-state index contributed by atoms with van der Waals surface area (Å²) in [4.78, 5) is 24.4. The van der Waals surface area contributed by atoms with E-state index in [9.17, 15) is 9.59 Å². The average molecular weight is 274 g/mol. The molecule has 1 fully saturated rings. The molecule has 1 saturated carbocycles. The van der Waals surface area contributed by atoms with E-state index in [0.29, 0.717) is 18.3 Å². The van der Waals surface area contributed by atoms with Crippen molar-refractivity contribution < 1.29 is 14.7 Å². The predicted molar refractivity (Wildman–Crippen MR) is 77.5 cm³/mol. The van der Waals surface area contributed by atoms with Crippen LogP contribution in [0.1, 0.15) is 25.3 Å². The van der Waals surface area contributed by atoms with Crippen molar-refractivity contribution in [1.29, 1.82) is 0 Å². The van der Waals surface area contributed by atoms with E-state index in [1.165, 1.54) is 6.08 Å². The Labute approximate surface area is 117 Å². The maximum Gasteiger partial charge on any atom is 0.328 e. The van der Waals surface area contributed by atoms with Gasteiger partial charge in [-0.05, 0) is 43.5 Å². The highest BCUT2D eigenvalue weighted by molar-refractivity contribution is 5.90. The SMILES string of the molecule is CCN(C(=O)Nc1cccc(/C=C/C(=O)O)c1)C1CC1. The van der Waals surface area contributed by atoms with Gasteiger partial charge in [-0.2, -0.15) is 0 Å². The van der Waals surface area contributed by atoms with Gasteiger partial charge < -0.3 is 15.3 Å². The van der Waals surface area contributed by atoms with Gasteiger partial charge in [0.15, 0.2) is 0 Å². The van der Waals surface area contributed by atoms with Crippen LogP contribution < -0.4 is 5.32 Å². The highest BCUT2D eigenvalue weighted by Crippen LogP contribution is 2.27. The Morgan fingerprint density at radius 2 is 2.20 bits per heavy atom. The van der Waals surface area contributed by atoms with Crippen molar-refractivity contribution in [2.75, 3.05) is 11.9 Å². The highest BCUT2D eigenvalue weighted by Gasteiger charge is 2.31. The first-order valence-corrected chi connectivity index (χ1v) is 6.69. The molecule has 0 radical (unpaired) electrons. The van der Waals surface area contributed by atoms with Gasteiger partial charge in [0.1, 0.15) is 0 Å². The molecule has 1 aromatic rings. The third kappa shape index (κ3) is 3.85. The van der Waals surface area contributed by atoms with E-state index < -0.39 is 5.97 Å². The van der Waals surface area contributed by atoms with Crippen LogP contribution in [0.25, 0.3) is 6.08 Å². The second-order valence-corrected chi connectivity index (χ2v) is 4.74. The second kappa shape index (κ2) is 6.23. The molecule has 1 aliphatic rings. The number of carboxylic acid groups (broad SMARTS) is 1. The van der Waals surface area contributed by atoms with Gasteiger partial charge in [-0.1, -0.05) is 12.1 Å². The lowest BCUT2D eigenvalue weighted by atomic mass is 10.2. The van der Waals surface area contributed by atoms with Crippen LogP contribution in [0, 0.1) is 0 Å². The number of anilines is 1. The number of urea groups is 1. The molecule has 0 aliphatic heterocycles. The minimum absolute atomic E-state index is 0.102. The standard InChI is InChI=1S/C15H18N2O3/c1-2-17(13-7-8-13)15(20)16-12-5-3-4-11(10-12)6-9-14(18)19/h3-6,9-10,13H,2,7-8H2,1H3,(H,16,20)(H,18,19)/b9-6+. The molecular weight excluding hydrogens is 256 g/mol. The second-order valence-electron chi connectivity index (χ2n) is 4.74. The van der Waals surface area contributed by atoms with E-state index in [0.717, 1.165) is 24.5 Å². The Kier molecular flexibility index (Phi) is 4.40. The maximum atomic E-state index is 12.1. The van der Waals surface area contributed by atoms with Gasteiger partial charge in [0, 0.05) is 24.4 Å². The summed E-state index contributed by atoms with van der Waals surface area (Å²) in [6, 6.07) is 7.37. The molecule has 2 rings (SSSR count). The summed E-state index contributed by atoms with van der Waals surface area (Å²) in [7, 11) is 0. The first kappa shape index (κ1) is 14.1. The van der Waals surface area contributed by atoms with E-state index in [4.69, 9.17) is 5.11 Å². The van der Waals surface area contributed by atoms with Crippen molar-refractivity contribution in [2.45, 2.75) is 25.8 Å². The smallest absolute Gasteiger partial charge is 0.328 e. The van der Waals surface area contributed by atoms with E-state index in [1.54, 1.807) is 24.3 Å². The molecule has 2 N–H and O–H groups in total. The number of benzene rings is 1. The van der Waals surface area contributed by atoms with Gasteiger partial charge in [-0.15, -0.1) is 0 Å². The summed E-state index contributed by atoms with van der Waals surface area (Å²) >= 11 is 0. The number of carbonyl (C=O) groups excluding carboxylic acids is 1. The summed E-state index contributed by atoms with van der Waals surface area (Å²) in [5.41, 5.74) is 1.40. The first-order chi connectivity index (χ1) is 9.60. The normalized spacial score (nSPS) is 14.2. The predicted octanol–water partition coefficient (Wildman–Crippen LogP) is 2.80. The fourth-order valence-corrected chi connectivity index (χ4v) is 2.04. The minimum Gasteiger partial charge on any atom is -0.478 e. The summed E-state index contributed by atoms with van der Waals surface area (Å²) in [6.45, 7) is 2.65. The number of carboxylic acids is 1. The third-order valence-corrected chi connectivity index (χ3v) is 3.15. The zero-order chi connectivity index (χ0) is 14.5. The Morgan fingerprint density at radius 3 is 2.80 bits per heavy atom. The van der Waals surface area contributed by atoms with Crippen LogP contribution in [0.5, 0.6) is 0 Å². The van der Waals surface area contributed by atoms with E-state index in [1.807, 2.05) is 11.8 Å². The van der Waals surface area contributed by atoms with Crippen molar-refractivity contribution in [3.05, 3.63) is 35.9 Å². The van der Waals surface area contributed by atoms with Crippen LogP contribution in [0.3, 0.4) is 0 Å². The summed E-state index contributed by atoms with van der Waals surface area (Å²) < 4.78 is 0. The molecule has 0 unspecified atom stereocenters. The topological polar surface area (TPSA) is 69.6 Å². The van der Waals surface area contributed by atoms with Crippen molar-refractivity contribution in [3.63, 3.8) is 0 Å². The molecule has 0 bridgehead atoms. The van der Waals surface area contributed by atoms with Crippen molar-refractivity contribution in [1.82, 2.24) is 4.90 Å². The van der Waals surface area contributed by atoms with Crippen LogP contribution in [-0.4, -0.2) is 34.6 Å². The van der Waals surface area contributed by atoms with Crippen LogP contribution in [0.15, 0.2) is 30.3 Å². The van der Waals surface area contributed by atoms with Gasteiger partial charge in [0.25, 0.3) is 0 Å². The van der Waals surface area contributed by atoms with Crippen molar-refractivity contribution in [3.8, 4) is 0 Å².